The van der Waals surface area contributed by atoms with Crippen LogP contribution in [-0.2, 0) is 9.53 Å². The van der Waals surface area contributed by atoms with Gasteiger partial charge in [0.15, 0.2) is 5.78 Å². The molecule has 5 nitrogen and oxygen atoms in total. The quantitative estimate of drug-likeness (QED) is 0.218. The van der Waals surface area contributed by atoms with Crippen molar-refractivity contribution in [3.05, 3.63) is 70.7 Å². The Morgan fingerprint density at radius 2 is 1.69 bits per heavy atom. The molecule has 0 aliphatic rings. The first-order valence-electron chi connectivity index (χ1n) is 8.13. The molecule has 2 aromatic rings. The van der Waals surface area contributed by atoms with Crippen LogP contribution in [0.4, 0.5) is 5.69 Å². The van der Waals surface area contributed by atoms with Gasteiger partial charge in [0.05, 0.1) is 13.2 Å². The van der Waals surface area contributed by atoms with E-state index in [0.717, 1.165) is 12.5 Å². The molecule has 0 atom stereocenters. The standard InChI is InChI=1S/C20H20BrNO4/c1-2-19(23)26-12-4-3-11-25-16-8-5-14(6-9-16)20(24)15-7-10-18(22)17(21)13-15/h2,5-10,13H,1,3-4,11-12,22H2. The van der Waals surface area contributed by atoms with Crippen molar-refractivity contribution in [3.63, 3.8) is 0 Å². The number of carbonyl (C=O) groups is 2. The Kier molecular flexibility index (Phi) is 7.41. The minimum absolute atomic E-state index is 0.0821. The number of nitrogen functional groups attached to an aromatic ring is 1. The summed E-state index contributed by atoms with van der Waals surface area (Å²) >= 11 is 3.33. The van der Waals surface area contributed by atoms with Crippen molar-refractivity contribution in [1.82, 2.24) is 0 Å². The Morgan fingerprint density at radius 3 is 2.35 bits per heavy atom. The molecule has 2 rings (SSSR count). The molecular weight excluding hydrogens is 398 g/mol. The summed E-state index contributed by atoms with van der Waals surface area (Å²) in [4.78, 5) is 23.4. The highest BCUT2D eigenvalue weighted by atomic mass is 79.9. The van der Waals surface area contributed by atoms with Gasteiger partial charge in [-0.05, 0) is 71.2 Å². The fourth-order valence-corrected chi connectivity index (χ4v) is 2.54. The van der Waals surface area contributed by atoms with Crippen molar-refractivity contribution >= 4 is 33.4 Å². The number of carbonyl (C=O) groups excluding carboxylic acids is 2. The van der Waals surface area contributed by atoms with Crippen LogP contribution in [0.1, 0.15) is 28.8 Å². The molecule has 0 unspecified atom stereocenters. The van der Waals surface area contributed by atoms with E-state index in [1.165, 1.54) is 0 Å². The molecule has 0 aromatic heterocycles. The molecule has 0 aliphatic carbocycles. The Hall–Kier alpha value is -2.60. The number of rotatable bonds is 9. The molecule has 2 N–H and O–H groups in total. The fraction of sp³-hybridized carbons (Fsp3) is 0.200. The van der Waals surface area contributed by atoms with Gasteiger partial charge in [-0.1, -0.05) is 6.58 Å². The van der Waals surface area contributed by atoms with Crippen LogP contribution in [0.25, 0.3) is 0 Å². The summed E-state index contributed by atoms with van der Waals surface area (Å²) < 4.78 is 11.2. The maximum absolute atomic E-state index is 12.5. The highest BCUT2D eigenvalue weighted by Gasteiger charge is 2.10. The normalized spacial score (nSPS) is 10.2. The second-order valence-electron chi connectivity index (χ2n) is 5.52. The first-order chi connectivity index (χ1) is 12.5. The Morgan fingerprint density at radius 1 is 1.04 bits per heavy atom. The van der Waals surface area contributed by atoms with Crippen LogP contribution in [0.15, 0.2) is 59.6 Å². The average molecular weight is 418 g/mol. The number of benzene rings is 2. The minimum atomic E-state index is -0.417. The third-order valence-corrected chi connectivity index (χ3v) is 4.28. The van der Waals surface area contributed by atoms with Crippen molar-refractivity contribution in [2.24, 2.45) is 0 Å². The number of hydrogen-bond donors (Lipinski definition) is 1. The van der Waals surface area contributed by atoms with Crippen LogP contribution in [0.2, 0.25) is 0 Å². The van der Waals surface area contributed by atoms with Crippen molar-refractivity contribution in [2.45, 2.75) is 12.8 Å². The van der Waals surface area contributed by atoms with Gasteiger partial charge in [0.2, 0.25) is 0 Å². The molecule has 0 bridgehead atoms. The molecule has 0 spiro atoms. The van der Waals surface area contributed by atoms with Gasteiger partial charge in [-0.25, -0.2) is 4.79 Å². The Labute approximate surface area is 160 Å². The van der Waals surface area contributed by atoms with Gasteiger partial charge < -0.3 is 15.2 Å². The second kappa shape index (κ2) is 9.77. The summed E-state index contributed by atoms with van der Waals surface area (Å²) in [6.45, 7) is 4.18. The van der Waals surface area contributed by atoms with E-state index < -0.39 is 5.97 Å². The zero-order valence-electron chi connectivity index (χ0n) is 14.2. The number of ether oxygens (including phenoxy) is 2. The minimum Gasteiger partial charge on any atom is -0.494 e. The Bertz CT molecular complexity index is 787. The number of halogens is 1. The van der Waals surface area contributed by atoms with Crippen LogP contribution >= 0.6 is 15.9 Å². The van der Waals surface area contributed by atoms with E-state index in [-0.39, 0.29) is 5.78 Å². The molecule has 0 fully saturated rings. The maximum atomic E-state index is 12.5. The highest BCUT2D eigenvalue weighted by molar-refractivity contribution is 9.10. The van der Waals surface area contributed by atoms with E-state index in [1.54, 1.807) is 42.5 Å². The number of anilines is 1. The summed E-state index contributed by atoms with van der Waals surface area (Å²) in [6.07, 6.45) is 2.61. The van der Waals surface area contributed by atoms with E-state index in [2.05, 4.69) is 22.5 Å². The SMILES string of the molecule is C=CC(=O)OCCCCOc1ccc(C(=O)c2ccc(N)c(Br)c2)cc1. The molecule has 136 valence electrons. The number of hydrogen-bond acceptors (Lipinski definition) is 5. The molecule has 2 aromatic carbocycles. The molecule has 0 amide bonds. The lowest BCUT2D eigenvalue weighted by Gasteiger charge is -2.08. The van der Waals surface area contributed by atoms with Crippen LogP contribution in [-0.4, -0.2) is 25.0 Å². The van der Waals surface area contributed by atoms with Crippen LogP contribution in [0.3, 0.4) is 0 Å². The number of ketones is 1. The summed E-state index contributed by atoms with van der Waals surface area (Å²) in [5.74, 6) is 0.184. The monoisotopic (exact) mass is 417 g/mol. The van der Waals surface area contributed by atoms with Crippen LogP contribution < -0.4 is 10.5 Å². The maximum Gasteiger partial charge on any atom is 0.330 e. The van der Waals surface area contributed by atoms with Gasteiger partial charge in [-0.15, -0.1) is 0 Å². The van der Waals surface area contributed by atoms with Gasteiger partial charge in [0.25, 0.3) is 0 Å². The summed E-state index contributed by atoms with van der Waals surface area (Å²) in [5.41, 5.74) is 7.47. The van der Waals surface area contributed by atoms with Crippen molar-refractivity contribution in [1.29, 1.82) is 0 Å². The molecule has 0 saturated carbocycles. The summed E-state index contributed by atoms with van der Waals surface area (Å²) in [6, 6.07) is 12.1. The molecule has 0 saturated heterocycles. The molecular formula is C20H20BrNO4. The smallest absolute Gasteiger partial charge is 0.330 e. The van der Waals surface area contributed by atoms with Gasteiger partial charge in [-0.3, -0.25) is 4.79 Å². The summed E-state index contributed by atoms with van der Waals surface area (Å²) in [5, 5.41) is 0. The number of esters is 1. The van der Waals surface area contributed by atoms with Crippen molar-refractivity contribution in [3.8, 4) is 5.75 Å². The zero-order chi connectivity index (χ0) is 18.9. The lowest BCUT2D eigenvalue weighted by Crippen LogP contribution is -2.05. The molecule has 0 aliphatic heterocycles. The van der Waals surface area contributed by atoms with Gasteiger partial charge >= 0.3 is 5.97 Å². The fourth-order valence-electron chi connectivity index (χ4n) is 2.16. The largest absolute Gasteiger partial charge is 0.494 e. The first-order valence-corrected chi connectivity index (χ1v) is 8.92. The van der Waals surface area contributed by atoms with Crippen LogP contribution in [0, 0.1) is 0 Å². The predicted octanol–water partition coefficient (Wildman–Crippen LogP) is 4.15. The van der Waals surface area contributed by atoms with Crippen molar-refractivity contribution < 1.29 is 19.1 Å². The van der Waals surface area contributed by atoms with E-state index in [4.69, 9.17) is 15.2 Å². The van der Waals surface area contributed by atoms with Crippen molar-refractivity contribution in [2.75, 3.05) is 18.9 Å². The zero-order valence-corrected chi connectivity index (χ0v) is 15.8. The van der Waals surface area contributed by atoms with E-state index in [0.29, 0.717) is 46.7 Å². The van der Waals surface area contributed by atoms with E-state index in [9.17, 15) is 9.59 Å². The van der Waals surface area contributed by atoms with Gasteiger partial charge in [-0.2, -0.15) is 0 Å². The third-order valence-electron chi connectivity index (χ3n) is 3.60. The van der Waals surface area contributed by atoms with E-state index in [1.807, 2.05) is 0 Å². The lowest BCUT2D eigenvalue weighted by molar-refractivity contribution is -0.137. The highest BCUT2D eigenvalue weighted by Crippen LogP contribution is 2.23. The van der Waals surface area contributed by atoms with Gasteiger partial charge in [0, 0.05) is 27.4 Å². The number of unbranched alkanes of at least 4 members (excludes halogenated alkanes) is 1. The molecule has 0 heterocycles. The second-order valence-corrected chi connectivity index (χ2v) is 6.37. The lowest BCUT2D eigenvalue weighted by atomic mass is 10.0. The molecule has 0 radical (unpaired) electrons. The first kappa shape index (κ1) is 19.7. The van der Waals surface area contributed by atoms with Gasteiger partial charge in [0.1, 0.15) is 5.75 Å². The predicted molar refractivity (Wildman–Crippen MR) is 104 cm³/mol. The summed E-state index contributed by atoms with van der Waals surface area (Å²) in [7, 11) is 0. The topological polar surface area (TPSA) is 78.6 Å². The molecule has 26 heavy (non-hydrogen) atoms. The molecule has 6 heteroatoms. The average Bonchev–Trinajstić information content (AvgIpc) is 2.66. The van der Waals surface area contributed by atoms with Crippen LogP contribution in [0.5, 0.6) is 5.75 Å². The number of nitrogens with two attached hydrogens (primary N) is 1. The Balaban J connectivity index is 1.82. The third kappa shape index (κ3) is 5.74. The van der Waals surface area contributed by atoms with E-state index >= 15 is 0 Å².